The zero-order valence-corrected chi connectivity index (χ0v) is 13.8. The van der Waals surface area contributed by atoms with Crippen molar-refractivity contribution in [2.75, 3.05) is 34.9 Å². The standard InChI is InChI=1S/C17H28N2O2/c1-12(13-6-7-13)19(3)11-16(18-2)15-9-8-14(20-4)10-17(15)21-5/h8-10,12-13,16,18H,6-7,11H2,1-5H3. The van der Waals surface area contributed by atoms with Crippen LogP contribution in [0.1, 0.15) is 31.4 Å². The third-order valence-corrected chi connectivity index (χ3v) is 4.63. The van der Waals surface area contributed by atoms with E-state index in [0.717, 1.165) is 24.0 Å². The smallest absolute Gasteiger partial charge is 0.127 e. The van der Waals surface area contributed by atoms with Gasteiger partial charge in [0.2, 0.25) is 0 Å². The van der Waals surface area contributed by atoms with Crippen molar-refractivity contribution in [1.29, 1.82) is 0 Å². The van der Waals surface area contributed by atoms with Gasteiger partial charge in [0, 0.05) is 30.3 Å². The van der Waals surface area contributed by atoms with Gasteiger partial charge in [-0.15, -0.1) is 0 Å². The molecule has 2 unspecified atom stereocenters. The van der Waals surface area contributed by atoms with Gasteiger partial charge in [-0.3, -0.25) is 0 Å². The lowest BCUT2D eigenvalue weighted by atomic mass is 10.0. The first-order chi connectivity index (χ1) is 10.1. The third kappa shape index (κ3) is 3.89. The van der Waals surface area contributed by atoms with Gasteiger partial charge >= 0.3 is 0 Å². The average Bonchev–Trinajstić information content (AvgIpc) is 3.35. The molecule has 0 aliphatic heterocycles. The largest absolute Gasteiger partial charge is 0.497 e. The SMILES string of the molecule is CNC(CN(C)C(C)C1CC1)c1ccc(OC)cc1OC. The van der Waals surface area contributed by atoms with Gasteiger partial charge in [-0.1, -0.05) is 6.07 Å². The zero-order chi connectivity index (χ0) is 15.4. The van der Waals surface area contributed by atoms with Gasteiger partial charge in [0.05, 0.1) is 14.2 Å². The van der Waals surface area contributed by atoms with E-state index in [1.807, 2.05) is 19.2 Å². The molecule has 4 heteroatoms. The van der Waals surface area contributed by atoms with Crippen LogP contribution in [0.25, 0.3) is 0 Å². The molecule has 1 aliphatic carbocycles. The van der Waals surface area contributed by atoms with Gasteiger partial charge in [0.15, 0.2) is 0 Å². The topological polar surface area (TPSA) is 33.7 Å². The second-order valence-corrected chi connectivity index (χ2v) is 5.97. The van der Waals surface area contributed by atoms with Gasteiger partial charge in [0.1, 0.15) is 11.5 Å². The van der Waals surface area contributed by atoms with Crippen LogP contribution in [0.4, 0.5) is 0 Å². The Balaban J connectivity index is 2.12. The van der Waals surface area contributed by atoms with Crippen LogP contribution in [0, 0.1) is 5.92 Å². The number of hydrogen-bond donors (Lipinski definition) is 1. The molecule has 2 rings (SSSR count). The van der Waals surface area contributed by atoms with Crippen molar-refractivity contribution in [2.45, 2.75) is 31.8 Å². The third-order valence-electron chi connectivity index (χ3n) is 4.63. The van der Waals surface area contributed by atoms with Crippen molar-refractivity contribution >= 4 is 0 Å². The Kier molecular flexibility index (Phi) is 5.48. The summed E-state index contributed by atoms with van der Waals surface area (Å²) >= 11 is 0. The summed E-state index contributed by atoms with van der Waals surface area (Å²) in [6, 6.07) is 6.92. The summed E-state index contributed by atoms with van der Waals surface area (Å²) < 4.78 is 10.8. The molecule has 1 saturated carbocycles. The van der Waals surface area contributed by atoms with Crippen molar-refractivity contribution in [2.24, 2.45) is 5.92 Å². The van der Waals surface area contributed by atoms with Gasteiger partial charge < -0.3 is 19.7 Å². The Labute approximate surface area is 128 Å². The van der Waals surface area contributed by atoms with E-state index in [-0.39, 0.29) is 6.04 Å². The minimum Gasteiger partial charge on any atom is -0.497 e. The summed E-state index contributed by atoms with van der Waals surface area (Å²) in [5, 5.41) is 3.41. The lowest BCUT2D eigenvalue weighted by Crippen LogP contribution is -2.37. The van der Waals surface area contributed by atoms with Gasteiger partial charge in [-0.2, -0.15) is 0 Å². The van der Waals surface area contributed by atoms with Crippen LogP contribution in [-0.2, 0) is 0 Å². The number of methoxy groups -OCH3 is 2. The summed E-state index contributed by atoms with van der Waals surface area (Å²) in [7, 11) is 7.60. The first kappa shape index (κ1) is 16.1. The van der Waals surface area contributed by atoms with Crippen LogP contribution < -0.4 is 14.8 Å². The maximum absolute atomic E-state index is 5.53. The number of hydrogen-bond acceptors (Lipinski definition) is 4. The van der Waals surface area contributed by atoms with Crippen LogP contribution in [0.5, 0.6) is 11.5 Å². The predicted octanol–water partition coefficient (Wildman–Crippen LogP) is 2.69. The van der Waals surface area contributed by atoms with Gasteiger partial charge in [0.25, 0.3) is 0 Å². The van der Waals surface area contributed by atoms with Crippen LogP contribution in [0.2, 0.25) is 0 Å². The molecule has 0 bridgehead atoms. The van der Waals surface area contributed by atoms with Gasteiger partial charge in [-0.25, -0.2) is 0 Å². The first-order valence-corrected chi connectivity index (χ1v) is 7.70. The monoisotopic (exact) mass is 292 g/mol. The fraction of sp³-hybridized carbons (Fsp3) is 0.647. The molecule has 0 spiro atoms. The van der Waals surface area contributed by atoms with E-state index in [4.69, 9.17) is 9.47 Å². The second kappa shape index (κ2) is 7.14. The normalized spacial score (nSPS) is 17.6. The molecule has 1 fully saturated rings. The highest BCUT2D eigenvalue weighted by atomic mass is 16.5. The summed E-state index contributed by atoms with van der Waals surface area (Å²) in [5.41, 5.74) is 1.18. The molecule has 21 heavy (non-hydrogen) atoms. The molecular formula is C17H28N2O2. The van der Waals surface area contributed by atoms with E-state index < -0.39 is 0 Å². The summed E-state index contributed by atoms with van der Waals surface area (Å²) in [6.07, 6.45) is 2.75. The van der Waals surface area contributed by atoms with Crippen LogP contribution >= 0.6 is 0 Å². The Bertz CT molecular complexity index is 460. The van der Waals surface area contributed by atoms with E-state index in [9.17, 15) is 0 Å². The quantitative estimate of drug-likeness (QED) is 0.799. The molecule has 2 atom stereocenters. The number of nitrogens with one attached hydrogen (secondary N) is 1. The molecule has 1 aromatic rings. The fourth-order valence-corrected chi connectivity index (χ4v) is 2.84. The van der Waals surface area contributed by atoms with Gasteiger partial charge in [-0.05, 0) is 45.8 Å². The summed E-state index contributed by atoms with van der Waals surface area (Å²) in [5.74, 6) is 2.58. The minimum absolute atomic E-state index is 0.247. The summed E-state index contributed by atoms with van der Waals surface area (Å²) in [6.45, 7) is 3.30. The molecule has 1 aromatic carbocycles. The van der Waals surface area contributed by atoms with Crippen molar-refractivity contribution in [3.8, 4) is 11.5 Å². The van der Waals surface area contributed by atoms with E-state index >= 15 is 0 Å². The Morgan fingerprint density at radius 3 is 2.52 bits per heavy atom. The van der Waals surface area contributed by atoms with Crippen molar-refractivity contribution in [3.05, 3.63) is 23.8 Å². The molecule has 1 aliphatic rings. The Hall–Kier alpha value is -1.26. The molecule has 0 amide bonds. The highest BCUT2D eigenvalue weighted by Gasteiger charge is 2.31. The first-order valence-electron chi connectivity index (χ1n) is 7.70. The summed E-state index contributed by atoms with van der Waals surface area (Å²) in [4.78, 5) is 2.45. The Morgan fingerprint density at radius 1 is 1.29 bits per heavy atom. The van der Waals surface area contributed by atoms with E-state index in [2.05, 4.69) is 30.3 Å². The average molecular weight is 292 g/mol. The molecule has 118 valence electrons. The maximum Gasteiger partial charge on any atom is 0.127 e. The predicted molar refractivity (Wildman–Crippen MR) is 86.2 cm³/mol. The number of rotatable bonds is 8. The second-order valence-electron chi connectivity index (χ2n) is 5.97. The van der Waals surface area contributed by atoms with Crippen molar-refractivity contribution in [1.82, 2.24) is 10.2 Å². The van der Waals surface area contributed by atoms with Crippen molar-refractivity contribution in [3.63, 3.8) is 0 Å². The van der Waals surface area contributed by atoms with E-state index in [0.29, 0.717) is 6.04 Å². The molecule has 1 N–H and O–H groups in total. The number of benzene rings is 1. The van der Waals surface area contributed by atoms with E-state index in [1.54, 1.807) is 14.2 Å². The van der Waals surface area contributed by atoms with Crippen LogP contribution in [0.15, 0.2) is 18.2 Å². The fourth-order valence-electron chi connectivity index (χ4n) is 2.84. The van der Waals surface area contributed by atoms with Crippen LogP contribution in [0.3, 0.4) is 0 Å². The molecule has 0 aromatic heterocycles. The van der Waals surface area contributed by atoms with Crippen molar-refractivity contribution < 1.29 is 9.47 Å². The Morgan fingerprint density at radius 2 is 2.00 bits per heavy atom. The van der Waals surface area contributed by atoms with E-state index in [1.165, 1.54) is 18.4 Å². The lowest BCUT2D eigenvalue weighted by molar-refractivity contribution is 0.211. The number of nitrogens with zero attached hydrogens (tertiary/aromatic N) is 1. The van der Waals surface area contributed by atoms with Crippen LogP contribution in [-0.4, -0.2) is 45.8 Å². The highest BCUT2D eigenvalue weighted by molar-refractivity contribution is 5.42. The molecular weight excluding hydrogens is 264 g/mol. The molecule has 4 nitrogen and oxygen atoms in total. The lowest BCUT2D eigenvalue weighted by Gasteiger charge is -2.30. The highest BCUT2D eigenvalue weighted by Crippen LogP contribution is 2.36. The maximum atomic E-state index is 5.53. The zero-order valence-electron chi connectivity index (χ0n) is 13.8. The molecule has 0 saturated heterocycles. The number of ether oxygens (including phenoxy) is 2. The number of likely N-dealkylation sites (N-methyl/N-ethyl adjacent to an activating group) is 2. The molecule has 0 radical (unpaired) electrons. The minimum atomic E-state index is 0.247. The molecule has 0 heterocycles.